The van der Waals surface area contributed by atoms with Gasteiger partial charge in [-0.2, -0.15) is 13.1 Å². The molecule has 0 radical (unpaired) electrons. The molecule has 0 atom stereocenters. The Hall–Kier alpha value is -2.76. The summed E-state index contributed by atoms with van der Waals surface area (Å²) >= 11 is 5.73. The monoisotopic (exact) mass is 462 g/mol. The summed E-state index contributed by atoms with van der Waals surface area (Å²) in [5.74, 6) is -1.72. The Morgan fingerprint density at radius 3 is 2.27 bits per heavy atom. The van der Waals surface area contributed by atoms with Crippen LogP contribution in [0.1, 0.15) is 0 Å². The Morgan fingerprint density at radius 2 is 1.70 bits per heavy atom. The lowest BCUT2D eigenvalue weighted by molar-refractivity contribution is -0.147. The highest BCUT2D eigenvalue weighted by atomic mass is 35.5. The van der Waals surface area contributed by atoms with Crippen LogP contribution in [0.5, 0.6) is 5.75 Å². The van der Waals surface area contributed by atoms with Crippen LogP contribution in [0.4, 0.5) is 14.5 Å². The molecule has 0 spiro atoms. The maximum Gasteiger partial charge on any atom is 0.387 e. The summed E-state index contributed by atoms with van der Waals surface area (Å²) < 4.78 is 58.7. The normalized spacial score (nSPS) is 11.4. The Kier molecular flexibility index (Phi) is 8.09. The molecule has 0 aliphatic rings. The number of esters is 1. The summed E-state index contributed by atoms with van der Waals surface area (Å²) in [6, 6.07) is 10.5. The van der Waals surface area contributed by atoms with Gasteiger partial charge < -0.3 is 14.8 Å². The standard InChI is InChI=1S/C18H17ClF2N2O6S/c1-23(30(26,27)15-8-2-12(19)3-9-15)10-17(25)28-11-16(24)22-13-4-6-14(7-5-13)29-18(20)21/h2-9,18H,10-11H2,1H3,(H,22,24). The second kappa shape index (κ2) is 10.3. The maximum absolute atomic E-state index is 12.4. The van der Waals surface area contributed by atoms with Gasteiger partial charge in [0.1, 0.15) is 12.3 Å². The van der Waals surface area contributed by atoms with Gasteiger partial charge in [0.2, 0.25) is 10.0 Å². The van der Waals surface area contributed by atoms with E-state index < -0.39 is 41.7 Å². The number of amides is 1. The van der Waals surface area contributed by atoms with Gasteiger partial charge in [0, 0.05) is 17.8 Å². The van der Waals surface area contributed by atoms with E-state index in [0.717, 1.165) is 4.31 Å². The molecule has 0 aliphatic heterocycles. The molecule has 30 heavy (non-hydrogen) atoms. The molecule has 8 nitrogen and oxygen atoms in total. The predicted octanol–water partition coefficient (Wildman–Crippen LogP) is 2.74. The summed E-state index contributed by atoms with van der Waals surface area (Å²) in [5, 5.41) is 2.75. The molecule has 0 aliphatic carbocycles. The van der Waals surface area contributed by atoms with E-state index in [1.165, 1.54) is 55.6 Å². The number of ether oxygens (including phenoxy) is 2. The van der Waals surface area contributed by atoms with Gasteiger partial charge in [-0.15, -0.1) is 0 Å². The van der Waals surface area contributed by atoms with E-state index in [9.17, 15) is 26.8 Å². The number of halogens is 3. The number of carbonyl (C=O) groups excluding carboxylic acids is 2. The fourth-order valence-electron chi connectivity index (χ4n) is 2.16. The number of nitrogens with one attached hydrogen (secondary N) is 1. The van der Waals surface area contributed by atoms with Crippen LogP contribution in [0.25, 0.3) is 0 Å². The van der Waals surface area contributed by atoms with Crippen molar-refractivity contribution >= 4 is 39.2 Å². The highest BCUT2D eigenvalue weighted by molar-refractivity contribution is 7.89. The van der Waals surface area contributed by atoms with Crippen molar-refractivity contribution in [3.63, 3.8) is 0 Å². The summed E-state index contributed by atoms with van der Waals surface area (Å²) in [7, 11) is -2.75. The van der Waals surface area contributed by atoms with E-state index in [4.69, 9.17) is 16.3 Å². The number of rotatable bonds is 9. The van der Waals surface area contributed by atoms with Crippen molar-refractivity contribution in [2.24, 2.45) is 0 Å². The van der Waals surface area contributed by atoms with E-state index in [-0.39, 0.29) is 16.3 Å². The van der Waals surface area contributed by atoms with Crippen molar-refractivity contribution in [3.05, 3.63) is 53.6 Å². The minimum Gasteiger partial charge on any atom is -0.455 e. The van der Waals surface area contributed by atoms with Gasteiger partial charge >= 0.3 is 12.6 Å². The Morgan fingerprint density at radius 1 is 1.10 bits per heavy atom. The van der Waals surface area contributed by atoms with Gasteiger partial charge in [-0.1, -0.05) is 11.6 Å². The van der Waals surface area contributed by atoms with Crippen molar-refractivity contribution < 1.29 is 36.3 Å². The smallest absolute Gasteiger partial charge is 0.387 e. The summed E-state index contributed by atoms with van der Waals surface area (Å²) in [4.78, 5) is 23.6. The van der Waals surface area contributed by atoms with Crippen LogP contribution < -0.4 is 10.1 Å². The molecule has 2 aromatic rings. The van der Waals surface area contributed by atoms with Crippen molar-refractivity contribution in [2.45, 2.75) is 11.5 Å². The summed E-state index contributed by atoms with van der Waals surface area (Å²) in [6.45, 7) is -4.24. The minimum atomic E-state index is -3.94. The van der Waals surface area contributed by atoms with E-state index in [1.807, 2.05) is 0 Å². The first-order valence-corrected chi connectivity index (χ1v) is 10.1. The molecule has 0 fully saturated rings. The molecule has 1 amide bonds. The van der Waals surface area contributed by atoms with Gasteiger partial charge in [0.05, 0.1) is 4.90 Å². The van der Waals surface area contributed by atoms with Gasteiger partial charge in [-0.25, -0.2) is 8.42 Å². The van der Waals surface area contributed by atoms with Gasteiger partial charge in [-0.05, 0) is 48.5 Å². The van der Waals surface area contributed by atoms with E-state index in [0.29, 0.717) is 5.02 Å². The number of carbonyl (C=O) groups is 2. The third-order valence-corrected chi connectivity index (χ3v) is 5.67. The fourth-order valence-corrected chi connectivity index (χ4v) is 3.40. The molecular formula is C18H17ClF2N2O6S. The quantitative estimate of drug-likeness (QED) is 0.575. The number of hydrogen-bond acceptors (Lipinski definition) is 6. The SMILES string of the molecule is CN(CC(=O)OCC(=O)Nc1ccc(OC(F)F)cc1)S(=O)(=O)c1ccc(Cl)cc1. The number of anilines is 1. The highest BCUT2D eigenvalue weighted by Gasteiger charge is 2.23. The number of nitrogens with zero attached hydrogens (tertiary/aromatic N) is 1. The molecule has 1 N–H and O–H groups in total. The first-order valence-electron chi connectivity index (χ1n) is 8.30. The first-order chi connectivity index (χ1) is 14.1. The van der Waals surface area contributed by atoms with Crippen LogP contribution in [-0.4, -0.2) is 51.4 Å². The zero-order valence-electron chi connectivity index (χ0n) is 15.5. The number of likely N-dealkylation sites (N-methyl/N-ethyl adjacent to an activating group) is 1. The predicted molar refractivity (Wildman–Crippen MR) is 104 cm³/mol. The lowest BCUT2D eigenvalue weighted by Gasteiger charge is -2.16. The third kappa shape index (κ3) is 6.94. The van der Waals surface area contributed by atoms with E-state index in [1.54, 1.807) is 0 Å². The second-order valence-electron chi connectivity index (χ2n) is 5.83. The van der Waals surface area contributed by atoms with Gasteiger partial charge in [0.15, 0.2) is 6.61 Å². The lowest BCUT2D eigenvalue weighted by atomic mass is 10.3. The molecule has 0 aromatic heterocycles. The zero-order valence-corrected chi connectivity index (χ0v) is 17.1. The van der Waals surface area contributed by atoms with Crippen molar-refractivity contribution in [1.82, 2.24) is 4.31 Å². The minimum absolute atomic E-state index is 0.0563. The van der Waals surface area contributed by atoms with E-state index >= 15 is 0 Å². The largest absolute Gasteiger partial charge is 0.455 e. The topological polar surface area (TPSA) is 102 Å². The average molecular weight is 463 g/mol. The number of alkyl halides is 2. The molecule has 0 unspecified atom stereocenters. The molecule has 162 valence electrons. The molecule has 0 bridgehead atoms. The molecular weight excluding hydrogens is 446 g/mol. The molecule has 2 aromatic carbocycles. The van der Waals surface area contributed by atoms with Crippen LogP contribution in [0.15, 0.2) is 53.4 Å². The molecule has 2 rings (SSSR count). The Bertz CT molecular complexity index is 985. The van der Waals surface area contributed by atoms with Crippen molar-refractivity contribution in [1.29, 1.82) is 0 Å². The third-order valence-electron chi connectivity index (χ3n) is 3.60. The van der Waals surface area contributed by atoms with Gasteiger partial charge in [-0.3, -0.25) is 9.59 Å². The van der Waals surface area contributed by atoms with Crippen molar-refractivity contribution in [3.8, 4) is 5.75 Å². The lowest BCUT2D eigenvalue weighted by Crippen LogP contribution is -2.34. The fraction of sp³-hybridized carbons (Fsp3) is 0.222. The van der Waals surface area contributed by atoms with Crippen LogP contribution in [0, 0.1) is 0 Å². The number of hydrogen-bond donors (Lipinski definition) is 1. The summed E-state index contributed by atoms with van der Waals surface area (Å²) in [6.07, 6.45) is 0. The van der Waals surface area contributed by atoms with Gasteiger partial charge in [0.25, 0.3) is 5.91 Å². The maximum atomic E-state index is 12.4. The molecule has 0 heterocycles. The number of sulfonamides is 1. The Labute approximate surface area is 176 Å². The average Bonchev–Trinajstić information content (AvgIpc) is 2.68. The van der Waals surface area contributed by atoms with Crippen LogP contribution in [-0.2, 0) is 24.3 Å². The summed E-state index contributed by atoms with van der Waals surface area (Å²) in [5.41, 5.74) is 0.264. The van der Waals surface area contributed by atoms with Crippen LogP contribution in [0.2, 0.25) is 5.02 Å². The second-order valence-corrected chi connectivity index (χ2v) is 8.31. The zero-order chi connectivity index (χ0) is 22.3. The first kappa shape index (κ1) is 23.5. The van der Waals surface area contributed by atoms with Crippen LogP contribution in [0.3, 0.4) is 0 Å². The van der Waals surface area contributed by atoms with Crippen LogP contribution >= 0.6 is 11.6 Å². The highest BCUT2D eigenvalue weighted by Crippen LogP contribution is 2.18. The van der Waals surface area contributed by atoms with Crippen molar-refractivity contribution in [2.75, 3.05) is 25.5 Å². The molecule has 0 saturated heterocycles. The Balaban J connectivity index is 1.83. The molecule has 12 heteroatoms. The van der Waals surface area contributed by atoms with E-state index in [2.05, 4.69) is 10.1 Å². The number of benzene rings is 2. The molecule has 0 saturated carbocycles.